The molecule has 1 rings (SSSR count). The van der Waals surface area contributed by atoms with Gasteiger partial charge in [-0.1, -0.05) is 13.8 Å². The minimum absolute atomic E-state index is 0.136. The fraction of sp³-hybridized carbons (Fsp3) is 0.444. The van der Waals surface area contributed by atoms with Gasteiger partial charge in [-0.2, -0.15) is 0 Å². The number of carbonyl (C=O) groups is 1. The third-order valence-corrected chi connectivity index (χ3v) is 1.14. The van der Waals surface area contributed by atoms with Gasteiger partial charge < -0.3 is 10.5 Å². The molecule has 0 aliphatic carbocycles. The Morgan fingerprint density at radius 2 is 2.14 bits per heavy atom. The van der Waals surface area contributed by atoms with Gasteiger partial charge in [0.25, 0.3) is 0 Å². The molecule has 0 radical (unpaired) electrons. The lowest BCUT2D eigenvalue weighted by atomic mass is 10.4. The quantitative estimate of drug-likeness (QED) is 0.722. The summed E-state index contributed by atoms with van der Waals surface area (Å²) in [4.78, 5) is 18.4. The second-order valence-electron chi connectivity index (χ2n) is 2.05. The van der Waals surface area contributed by atoms with E-state index in [1.165, 1.54) is 12.4 Å². The van der Waals surface area contributed by atoms with Crippen LogP contribution in [0.5, 0.6) is 0 Å². The van der Waals surface area contributed by atoms with Crippen molar-refractivity contribution >= 4 is 11.8 Å². The van der Waals surface area contributed by atoms with Crippen LogP contribution in [0, 0.1) is 0 Å². The van der Waals surface area contributed by atoms with Crippen molar-refractivity contribution in [2.75, 3.05) is 12.3 Å². The topological polar surface area (TPSA) is 78.1 Å². The van der Waals surface area contributed by atoms with E-state index in [9.17, 15) is 4.79 Å². The second-order valence-corrected chi connectivity index (χ2v) is 2.05. The summed E-state index contributed by atoms with van der Waals surface area (Å²) in [5.41, 5.74) is 5.45. The fourth-order valence-electron chi connectivity index (χ4n) is 0.684. The molecule has 0 aliphatic rings. The van der Waals surface area contributed by atoms with Gasteiger partial charge in [0.1, 0.15) is 5.82 Å². The number of nitrogens with two attached hydrogens (primary N) is 1. The minimum Gasteiger partial charge on any atom is -0.461 e. The van der Waals surface area contributed by atoms with Crippen LogP contribution in [0.25, 0.3) is 0 Å². The molecule has 78 valence electrons. The first-order valence-electron chi connectivity index (χ1n) is 4.48. The Hall–Kier alpha value is -1.65. The number of hydrogen-bond donors (Lipinski definition) is 1. The minimum atomic E-state index is -0.502. The second kappa shape index (κ2) is 6.82. The summed E-state index contributed by atoms with van der Waals surface area (Å²) in [6.07, 6.45) is 2.68. The van der Waals surface area contributed by atoms with Crippen LogP contribution in [-0.2, 0) is 4.74 Å². The number of hydrogen-bond acceptors (Lipinski definition) is 5. The van der Waals surface area contributed by atoms with Crippen LogP contribution < -0.4 is 5.73 Å². The Labute approximate surface area is 83.3 Å². The van der Waals surface area contributed by atoms with Gasteiger partial charge in [-0.25, -0.2) is 9.78 Å². The molecule has 0 amide bonds. The molecule has 0 spiro atoms. The monoisotopic (exact) mass is 197 g/mol. The van der Waals surface area contributed by atoms with Crippen LogP contribution in [0.4, 0.5) is 5.82 Å². The molecular formula is C9H15N3O2. The maximum Gasteiger partial charge on any atom is 0.358 e. The van der Waals surface area contributed by atoms with Crippen molar-refractivity contribution < 1.29 is 9.53 Å². The van der Waals surface area contributed by atoms with Gasteiger partial charge in [-0.3, -0.25) is 4.98 Å². The molecule has 1 aromatic rings. The molecule has 0 aromatic carbocycles. The highest BCUT2D eigenvalue weighted by molar-refractivity contribution is 5.87. The third kappa shape index (κ3) is 3.84. The molecule has 0 saturated carbocycles. The van der Waals surface area contributed by atoms with Crippen molar-refractivity contribution in [3.63, 3.8) is 0 Å². The Bertz CT molecular complexity index is 289. The first kappa shape index (κ1) is 12.3. The lowest BCUT2D eigenvalue weighted by Gasteiger charge is -1.99. The Morgan fingerprint density at radius 3 is 2.64 bits per heavy atom. The number of anilines is 1. The van der Waals surface area contributed by atoms with Crippen LogP contribution in [0.15, 0.2) is 12.4 Å². The number of nitrogen functional groups attached to an aromatic ring is 1. The van der Waals surface area contributed by atoms with E-state index < -0.39 is 5.97 Å². The zero-order valence-corrected chi connectivity index (χ0v) is 8.65. The molecule has 0 atom stereocenters. The maximum atomic E-state index is 11.0. The summed E-state index contributed by atoms with van der Waals surface area (Å²) in [6, 6.07) is 0. The highest BCUT2D eigenvalue weighted by Gasteiger charge is 2.07. The molecule has 0 saturated heterocycles. The van der Waals surface area contributed by atoms with E-state index in [2.05, 4.69) is 14.7 Å². The van der Waals surface area contributed by atoms with Gasteiger partial charge in [0.05, 0.1) is 19.0 Å². The van der Waals surface area contributed by atoms with Gasteiger partial charge in [0, 0.05) is 0 Å². The largest absolute Gasteiger partial charge is 0.461 e. The SMILES string of the molecule is CC.CCOC(=O)c1cncc(N)n1. The van der Waals surface area contributed by atoms with Crippen molar-refractivity contribution in [3.8, 4) is 0 Å². The molecule has 0 bridgehead atoms. The molecule has 2 N–H and O–H groups in total. The highest BCUT2D eigenvalue weighted by Crippen LogP contribution is 1.98. The van der Waals surface area contributed by atoms with Crippen molar-refractivity contribution in [1.82, 2.24) is 9.97 Å². The lowest BCUT2D eigenvalue weighted by molar-refractivity contribution is 0.0519. The van der Waals surface area contributed by atoms with Crippen LogP contribution >= 0.6 is 0 Å². The summed E-state index contributed by atoms with van der Waals surface area (Å²) >= 11 is 0. The standard InChI is InChI=1S/C7H9N3O2.C2H6/c1-2-12-7(11)5-3-9-4-6(8)10-5;1-2/h3-4H,2H2,1H3,(H2,8,10);1-2H3. The van der Waals surface area contributed by atoms with Gasteiger partial charge in [-0.15, -0.1) is 0 Å². The van der Waals surface area contributed by atoms with Crippen LogP contribution in [-0.4, -0.2) is 22.5 Å². The van der Waals surface area contributed by atoms with Crippen molar-refractivity contribution in [1.29, 1.82) is 0 Å². The number of esters is 1. The first-order valence-corrected chi connectivity index (χ1v) is 4.48. The Balaban J connectivity index is 0.000000791. The summed E-state index contributed by atoms with van der Waals surface area (Å²) in [5.74, 6) is -0.294. The molecule has 1 heterocycles. The van der Waals surface area contributed by atoms with Crippen LogP contribution in [0.3, 0.4) is 0 Å². The normalized spacial score (nSPS) is 8.50. The van der Waals surface area contributed by atoms with E-state index in [4.69, 9.17) is 5.73 Å². The summed E-state index contributed by atoms with van der Waals surface area (Å²) in [5, 5.41) is 0. The highest BCUT2D eigenvalue weighted by atomic mass is 16.5. The number of carbonyl (C=O) groups excluding carboxylic acids is 1. The van der Waals surface area contributed by atoms with E-state index in [-0.39, 0.29) is 11.5 Å². The molecule has 14 heavy (non-hydrogen) atoms. The number of ether oxygens (including phenoxy) is 1. The molecule has 0 aliphatic heterocycles. The van der Waals surface area contributed by atoms with Gasteiger partial charge >= 0.3 is 5.97 Å². The average Bonchev–Trinajstić information content (AvgIpc) is 2.21. The van der Waals surface area contributed by atoms with Gasteiger partial charge in [0.15, 0.2) is 5.69 Å². The molecule has 5 heteroatoms. The Kier molecular flexibility index (Phi) is 6.02. The van der Waals surface area contributed by atoms with E-state index in [1.807, 2.05) is 13.8 Å². The number of rotatable bonds is 2. The Morgan fingerprint density at radius 1 is 1.50 bits per heavy atom. The van der Waals surface area contributed by atoms with E-state index >= 15 is 0 Å². The van der Waals surface area contributed by atoms with E-state index in [0.29, 0.717) is 6.61 Å². The summed E-state index contributed by atoms with van der Waals surface area (Å²) < 4.78 is 4.69. The van der Waals surface area contributed by atoms with E-state index in [0.717, 1.165) is 0 Å². The van der Waals surface area contributed by atoms with Crippen molar-refractivity contribution in [2.45, 2.75) is 20.8 Å². The molecular weight excluding hydrogens is 182 g/mol. The number of aromatic nitrogens is 2. The number of nitrogens with zero attached hydrogens (tertiary/aromatic N) is 2. The third-order valence-electron chi connectivity index (χ3n) is 1.14. The summed E-state index contributed by atoms with van der Waals surface area (Å²) in [6.45, 7) is 6.03. The van der Waals surface area contributed by atoms with Crippen molar-refractivity contribution in [2.24, 2.45) is 0 Å². The van der Waals surface area contributed by atoms with Gasteiger partial charge in [-0.05, 0) is 6.92 Å². The first-order chi connectivity index (χ1) is 6.74. The van der Waals surface area contributed by atoms with Crippen LogP contribution in [0.1, 0.15) is 31.3 Å². The smallest absolute Gasteiger partial charge is 0.358 e. The molecule has 5 nitrogen and oxygen atoms in total. The molecule has 0 fully saturated rings. The fourth-order valence-corrected chi connectivity index (χ4v) is 0.684. The molecule has 1 aromatic heterocycles. The predicted molar refractivity (Wildman–Crippen MR) is 53.7 cm³/mol. The summed E-state index contributed by atoms with van der Waals surface area (Å²) in [7, 11) is 0. The average molecular weight is 197 g/mol. The molecule has 0 unspecified atom stereocenters. The zero-order chi connectivity index (χ0) is 11.0. The van der Waals surface area contributed by atoms with Crippen molar-refractivity contribution in [3.05, 3.63) is 18.1 Å². The van der Waals surface area contributed by atoms with Gasteiger partial charge in [0.2, 0.25) is 0 Å². The maximum absolute atomic E-state index is 11.0. The van der Waals surface area contributed by atoms with E-state index in [1.54, 1.807) is 6.92 Å². The predicted octanol–water partition coefficient (Wildman–Crippen LogP) is 1.26. The van der Waals surface area contributed by atoms with Crippen LogP contribution in [0.2, 0.25) is 0 Å². The lowest BCUT2D eigenvalue weighted by Crippen LogP contribution is -2.08. The zero-order valence-electron chi connectivity index (χ0n) is 8.65.